The quantitative estimate of drug-likeness (QED) is 0.856. The van der Waals surface area contributed by atoms with Gasteiger partial charge < -0.3 is 10.2 Å². The molecule has 1 saturated heterocycles. The van der Waals surface area contributed by atoms with E-state index in [9.17, 15) is 0 Å². The lowest BCUT2D eigenvalue weighted by Gasteiger charge is -2.30. The van der Waals surface area contributed by atoms with Gasteiger partial charge in [0.05, 0.1) is 0 Å². The van der Waals surface area contributed by atoms with Crippen LogP contribution in [-0.4, -0.2) is 31.6 Å². The van der Waals surface area contributed by atoms with Crippen molar-refractivity contribution in [1.29, 1.82) is 0 Å². The second kappa shape index (κ2) is 6.79. The van der Waals surface area contributed by atoms with Crippen LogP contribution in [0.5, 0.6) is 0 Å². The summed E-state index contributed by atoms with van der Waals surface area (Å²) in [6.07, 6.45) is 5.10. The van der Waals surface area contributed by atoms with Gasteiger partial charge in [0.2, 0.25) is 0 Å². The molecule has 1 aromatic carbocycles. The van der Waals surface area contributed by atoms with Crippen LogP contribution in [0.15, 0.2) is 24.3 Å². The summed E-state index contributed by atoms with van der Waals surface area (Å²) in [6.45, 7) is 5.86. The Balaban J connectivity index is 1.89. The average Bonchev–Trinajstić information content (AvgIpc) is 2.38. The first-order valence-corrected chi connectivity index (χ1v) is 7.30. The van der Waals surface area contributed by atoms with Gasteiger partial charge in [0.25, 0.3) is 0 Å². The number of aryl methyl sites for hydroxylation is 1. The van der Waals surface area contributed by atoms with E-state index in [2.05, 4.69) is 48.5 Å². The van der Waals surface area contributed by atoms with E-state index >= 15 is 0 Å². The summed E-state index contributed by atoms with van der Waals surface area (Å²) in [5.74, 6) is 0.804. The molecule has 1 aliphatic rings. The summed E-state index contributed by atoms with van der Waals surface area (Å²) in [5.41, 5.74) is 2.80. The fourth-order valence-electron chi connectivity index (χ4n) is 2.87. The standard InChI is InChI=1S/C16H26N2/c1-3-7-15-9-4-5-10-16(15)17-12-14-8-6-11-18(2)13-14/h4-5,9-10,14,17H,3,6-8,11-13H2,1-2H3. The van der Waals surface area contributed by atoms with Crippen molar-refractivity contribution in [3.8, 4) is 0 Å². The maximum atomic E-state index is 3.66. The van der Waals surface area contributed by atoms with Gasteiger partial charge in [-0.1, -0.05) is 31.5 Å². The molecule has 1 unspecified atom stereocenters. The van der Waals surface area contributed by atoms with Crippen LogP contribution in [0, 0.1) is 5.92 Å². The minimum Gasteiger partial charge on any atom is -0.384 e. The number of nitrogens with one attached hydrogen (secondary N) is 1. The summed E-state index contributed by atoms with van der Waals surface area (Å²) in [6, 6.07) is 8.75. The zero-order valence-electron chi connectivity index (χ0n) is 11.8. The molecular formula is C16H26N2. The van der Waals surface area contributed by atoms with Crippen molar-refractivity contribution in [1.82, 2.24) is 4.90 Å². The molecule has 0 bridgehead atoms. The summed E-state index contributed by atoms with van der Waals surface area (Å²) in [4.78, 5) is 2.45. The molecule has 1 atom stereocenters. The Bertz CT molecular complexity index is 362. The fraction of sp³-hybridized carbons (Fsp3) is 0.625. The molecular weight excluding hydrogens is 220 g/mol. The number of piperidine rings is 1. The molecule has 1 aliphatic heterocycles. The lowest BCUT2D eigenvalue weighted by molar-refractivity contribution is 0.217. The van der Waals surface area contributed by atoms with E-state index in [-0.39, 0.29) is 0 Å². The number of rotatable bonds is 5. The van der Waals surface area contributed by atoms with Crippen LogP contribution in [0.25, 0.3) is 0 Å². The first kappa shape index (κ1) is 13.4. The number of hydrogen-bond acceptors (Lipinski definition) is 2. The van der Waals surface area contributed by atoms with Gasteiger partial charge in [-0.05, 0) is 50.4 Å². The number of benzene rings is 1. The van der Waals surface area contributed by atoms with Gasteiger partial charge in [-0.15, -0.1) is 0 Å². The smallest absolute Gasteiger partial charge is 0.0372 e. The van der Waals surface area contributed by atoms with Crippen LogP contribution in [0.3, 0.4) is 0 Å². The first-order chi connectivity index (χ1) is 8.79. The van der Waals surface area contributed by atoms with Crippen LogP contribution >= 0.6 is 0 Å². The van der Waals surface area contributed by atoms with Gasteiger partial charge in [0, 0.05) is 18.8 Å². The Morgan fingerprint density at radius 2 is 2.17 bits per heavy atom. The lowest BCUT2D eigenvalue weighted by atomic mass is 9.98. The van der Waals surface area contributed by atoms with Crippen LogP contribution in [0.1, 0.15) is 31.7 Å². The Morgan fingerprint density at radius 3 is 2.94 bits per heavy atom. The van der Waals surface area contributed by atoms with E-state index < -0.39 is 0 Å². The zero-order valence-corrected chi connectivity index (χ0v) is 11.8. The van der Waals surface area contributed by atoms with E-state index in [1.165, 1.54) is 50.0 Å². The highest BCUT2D eigenvalue weighted by Gasteiger charge is 2.16. The SMILES string of the molecule is CCCc1ccccc1NCC1CCCN(C)C1. The predicted octanol–water partition coefficient (Wildman–Crippen LogP) is 3.39. The van der Waals surface area contributed by atoms with Crippen LogP contribution in [0.4, 0.5) is 5.69 Å². The Labute approximate surface area is 111 Å². The number of hydrogen-bond donors (Lipinski definition) is 1. The maximum absolute atomic E-state index is 3.66. The number of para-hydroxylation sites is 1. The fourth-order valence-corrected chi connectivity index (χ4v) is 2.87. The van der Waals surface area contributed by atoms with Gasteiger partial charge in [0.15, 0.2) is 0 Å². The second-order valence-corrected chi connectivity index (χ2v) is 5.56. The molecule has 2 heteroatoms. The number of nitrogens with zero attached hydrogens (tertiary/aromatic N) is 1. The van der Waals surface area contributed by atoms with Crippen LogP contribution in [-0.2, 0) is 6.42 Å². The molecule has 1 fully saturated rings. The second-order valence-electron chi connectivity index (χ2n) is 5.56. The number of anilines is 1. The van der Waals surface area contributed by atoms with Gasteiger partial charge in [-0.2, -0.15) is 0 Å². The van der Waals surface area contributed by atoms with E-state index in [0.717, 1.165) is 12.5 Å². The van der Waals surface area contributed by atoms with Crippen molar-refractivity contribution in [2.24, 2.45) is 5.92 Å². The summed E-state index contributed by atoms with van der Waals surface area (Å²) < 4.78 is 0. The molecule has 1 N–H and O–H groups in total. The maximum Gasteiger partial charge on any atom is 0.0372 e. The summed E-state index contributed by atoms with van der Waals surface area (Å²) in [7, 11) is 2.23. The van der Waals surface area contributed by atoms with Crippen LogP contribution in [0.2, 0.25) is 0 Å². The van der Waals surface area contributed by atoms with Crippen molar-refractivity contribution in [2.45, 2.75) is 32.6 Å². The average molecular weight is 246 g/mol. The third-order valence-corrected chi connectivity index (χ3v) is 3.84. The molecule has 2 rings (SSSR count). The topological polar surface area (TPSA) is 15.3 Å². The minimum absolute atomic E-state index is 0.804. The molecule has 18 heavy (non-hydrogen) atoms. The molecule has 2 nitrogen and oxygen atoms in total. The lowest BCUT2D eigenvalue weighted by Crippen LogP contribution is -2.35. The first-order valence-electron chi connectivity index (χ1n) is 7.30. The summed E-state index contributed by atoms with van der Waals surface area (Å²) >= 11 is 0. The molecule has 0 aromatic heterocycles. The van der Waals surface area contributed by atoms with Gasteiger partial charge in [-0.25, -0.2) is 0 Å². The third kappa shape index (κ3) is 3.74. The monoisotopic (exact) mass is 246 g/mol. The Hall–Kier alpha value is -1.02. The zero-order chi connectivity index (χ0) is 12.8. The van der Waals surface area contributed by atoms with Crippen LogP contribution < -0.4 is 5.32 Å². The van der Waals surface area contributed by atoms with E-state index in [0.29, 0.717) is 0 Å². The van der Waals surface area contributed by atoms with Crippen molar-refractivity contribution < 1.29 is 0 Å². The molecule has 0 radical (unpaired) electrons. The van der Waals surface area contributed by atoms with Gasteiger partial charge in [-0.3, -0.25) is 0 Å². The number of likely N-dealkylation sites (tertiary alicyclic amines) is 1. The van der Waals surface area contributed by atoms with Crippen molar-refractivity contribution in [3.05, 3.63) is 29.8 Å². The Morgan fingerprint density at radius 1 is 1.33 bits per heavy atom. The third-order valence-electron chi connectivity index (χ3n) is 3.84. The van der Waals surface area contributed by atoms with Gasteiger partial charge >= 0.3 is 0 Å². The molecule has 100 valence electrons. The predicted molar refractivity (Wildman–Crippen MR) is 79.1 cm³/mol. The molecule has 1 heterocycles. The summed E-state index contributed by atoms with van der Waals surface area (Å²) in [5, 5.41) is 3.66. The minimum atomic E-state index is 0.804. The Kier molecular flexibility index (Phi) is 5.06. The highest BCUT2D eigenvalue weighted by atomic mass is 15.1. The van der Waals surface area contributed by atoms with E-state index in [1.54, 1.807) is 0 Å². The molecule has 0 spiro atoms. The highest BCUT2D eigenvalue weighted by molar-refractivity contribution is 5.51. The molecule has 1 aromatic rings. The van der Waals surface area contributed by atoms with E-state index in [4.69, 9.17) is 0 Å². The largest absolute Gasteiger partial charge is 0.384 e. The van der Waals surface area contributed by atoms with Crippen molar-refractivity contribution in [3.63, 3.8) is 0 Å². The van der Waals surface area contributed by atoms with E-state index in [1.807, 2.05) is 0 Å². The van der Waals surface area contributed by atoms with Gasteiger partial charge in [0.1, 0.15) is 0 Å². The van der Waals surface area contributed by atoms with Crippen molar-refractivity contribution >= 4 is 5.69 Å². The molecule has 0 amide bonds. The van der Waals surface area contributed by atoms with Crippen molar-refractivity contribution in [2.75, 3.05) is 32.0 Å². The normalized spacial score (nSPS) is 20.9. The molecule has 0 saturated carbocycles. The molecule has 0 aliphatic carbocycles. The highest BCUT2D eigenvalue weighted by Crippen LogP contribution is 2.20.